The SMILES string of the molecule is C[C@@]12CCC[C@H]1[C@@H]1CCC3=CC(OC(=O)CCC(=O)S)C=C[C@]3(C)[C@H]1CC2. The van der Waals surface area contributed by atoms with E-state index in [2.05, 4.69) is 44.7 Å². The third kappa shape index (κ3) is 3.43. The molecule has 4 heteroatoms. The summed E-state index contributed by atoms with van der Waals surface area (Å²) in [7, 11) is 0. The molecule has 3 fully saturated rings. The lowest BCUT2D eigenvalue weighted by Crippen LogP contribution is -2.48. The predicted molar refractivity (Wildman–Crippen MR) is 109 cm³/mol. The van der Waals surface area contributed by atoms with E-state index in [1.54, 1.807) is 0 Å². The summed E-state index contributed by atoms with van der Waals surface area (Å²) in [6, 6.07) is 0. The fourth-order valence-corrected chi connectivity index (χ4v) is 6.90. The summed E-state index contributed by atoms with van der Waals surface area (Å²) >= 11 is 3.71. The van der Waals surface area contributed by atoms with E-state index in [-0.39, 0.29) is 35.4 Å². The highest BCUT2D eigenvalue weighted by atomic mass is 32.1. The Hall–Kier alpha value is -1.03. The molecule has 4 aliphatic rings. The molecule has 0 amide bonds. The molecule has 0 aromatic heterocycles. The van der Waals surface area contributed by atoms with Gasteiger partial charge in [-0.3, -0.25) is 9.59 Å². The molecule has 6 atom stereocenters. The van der Waals surface area contributed by atoms with Gasteiger partial charge in [-0.2, -0.15) is 0 Å². The van der Waals surface area contributed by atoms with E-state index in [0.29, 0.717) is 5.41 Å². The first-order valence-corrected chi connectivity index (χ1v) is 11.1. The number of allylic oxidation sites excluding steroid dienone is 2. The minimum atomic E-state index is -0.319. The van der Waals surface area contributed by atoms with Crippen molar-refractivity contribution in [3.05, 3.63) is 23.8 Å². The lowest BCUT2D eigenvalue weighted by molar-refractivity contribution is -0.146. The summed E-state index contributed by atoms with van der Waals surface area (Å²) in [6.07, 6.45) is 15.9. The van der Waals surface area contributed by atoms with Gasteiger partial charge in [0, 0.05) is 11.8 Å². The zero-order valence-corrected chi connectivity index (χ0v) is 17.5. The highest BCUT2D eigenvalue weighted by Gasteiger charge is 2.55. The molecule has 0 N–H and O–H groups in total. The third-order valence-corrected chi connectivity index (χ3v) is 8.46. The fraction of sp³-hybridized carbons (Fsp3) is 0.739. The van der Waals surface area contributed by atoms with Crippen molar-refractivity contribution in [1.82, 2.24) is 0 Å². The molecule has 1 unspecified atom stereocenters. The summed E-state index contributed by atoms with van der Waals surface area (Å²) in [6.45, 7) is 4.94. The van der Waals surface area contributed by atoms with Crippen LogP contribution in [0, 0.1) is 28.6 Å². The van der Waals surface area contributed by atoms with Crippen LogP contribution >= 0.6 is 12.6 Å². The summed E-state index contributed by atoms with van der Waals surface area (Å²) < 4.78 is 5.57. The van der Waals surface area contributed by atoms with Gasteiger partial charge in [0.2, 0.25) is 0 Å². The van der Waals surface area contributed by atoms with Crippen LogP contribution in [0.15, 0.2) is 23.8 Å². The second kappa shape index (κ2) is 7.09. The van der Waals surface area contributed by atoms with Gasteiger partial charge in [0.25, 0.3) is 0 Å². The van der Waals surface area contributed by atoms with Gasteiger partial charge in [0.15, 0.2) is 5.12 Å². The van der Waals surface area contributed by atoms with Gasteiger partial charge in [0.05, 0.1) is 6.42 Å². The van der Waals surface area contributed by atoms with Crippen LogP contribution in [0.3, 0.4) is 0 Å². The molecule has 3 nitrogen and oxygen atoms in total. The van der Waals surface area contributed by atoms with Crippen molar-refractivity contribution < 1.29 is 14.3 Å². The number of thiol groups is 1. The zero-order chi connectivity index (χ0) is 19.2. The van der Waals surface area contributed by atoms with E-state index in [0.717, 1.165) is 24.2 Å². The third-order valence-electron chi connectivity index (χ3n) is 8.24. The summed E-state index contributed by atoms with van der Waals surface area (Å²) in [5.74, 6) is 2.15. The predicted octanol–water partition coefficient (Wildman–Crippen LogP) is 5.26. The number of carbonyl (C=O) groups excluding carboxylic acids is 2. The number of esters is 1. The van der Waals surface area contributed by atoms with Crippen molar-refractivity contribution in [2.24, 2.45) is 28.6 Å². The Morgan fingerprint density at radius 1 is 1.15 bits per heavy atom. The van der Waals surface area contributed by atoms with E-state index >= 15 is 0 Å². The van der Waals surface area contributed by atoms with Crippen LogP contribution in [0.2, 0.25) is 0 Å². The van der Waals surface area contributed by atoms with E-state index in [4.69, 9.17) is 4.74 Å². The highest BCUT2D eigenvalue weighted by molar-refractivity contribution is 7.96. The average molecular weight is 389 g/mol. The van der Waals surface area contributed by atoms with Crippen molar-refractivity contribution in [3.8, 4) is 0 Å². The molecule has 0 saturated heterocycles. The number of carbonyl (C=O) groups is 2. The molecule has 4 aliphatic carbocycles. The number of hydrogen-bond acceptors (Lipinski definition) is 3. The molecule has 148 valence electrons. The molecule has 0 aromatic rings. The molecule has 0 radical (unpaired) electrons. The summed E-state index contributed by atoms with van der Waals surface area (Å²) in [5.41, 5.74) is 2.16. The average Bonchev–Trinajstić information content (AvgIpc) is 3.02. The molecule has 0 bridgehead atoms. The van der Waals surface area contributed by atoms with Gasteiger partial charge in [-0.1, -0.05) is 31.9 Å². The molecule has 3 saturated carbocycles. The maximum absolute atomic E-state index is 12.0. The molecular formula is C23H32O3S. The van der Waals surface area contributed by atoms with Gasteiger partial charge in [-0.15, -0.1) is 12.6 Å². The zero-order valence-electron chi connectivity index (χ0n) is 16.6. The van der Waals surface area contributed by atoms with Gasteiger partial charge in [0.1, 0.15) is 6.10 Å². The van der Waals surface area contributed by atoms with Crippen LogP contribution in [0.5, 0.6) is 0 Å². The standard InChI is InChI=1S/C23H32O3S/c1-22-11-3-4-18(22)17-6-5-15-14-16(26-20(24)7-8-21(25)27)9-13-23(15,2)19(17)10-12-22/h9,13-14,16-19H,3-8,10-12H2,1-2H3,(H,25,27)/t16?,17-,18-,19-,22-,23-/m0/s1. The van der Waals surface area contributed by atoms with Crippen LogP contribution in [-0.4, -0.2) is 17.2 Å². The van der Waals surface area contributed by atoms with Gasteiger partial charge >= 0.3 is 5.97 Å². The molecule has 4 rings (SSSR count). The van der Waals surface area contributed by atoms with Crippen molar-refractivity contribution >= 4 is 23.7 Å². The van der Waals surface area contributed by atoms with Crippen molar-refractivity contribution in [1.29, 1.82) is 0 Å². The van der Waals surface area contributed by atoms with Crippen LogP contribution < -0.4 is 0 Å². The van der Waals surface area contributed by atoms with Crippen LogP contribution in [0.25, 0.3) is 0 Å². The van der Waals surface area contributed by atoms with E-state index in [1.165, 1.54) is 44.1 Å². The lowest BCUT2D eigenvalue weighted by atomic mass is 9.48. The van der Waals surface area contributed by atoms with Crippen LogP contribution in [0.1, 0.15) is 71.6 Å². The van der Waals surface area contributed by atoms with Crippen molar-refractivity contribution in [3.63, 3.8) is 0 Å². The molecule has 0 spiro atoms. The Bertz CT molecular complexity index is 696. The number of fused-ring (bicyclic) bond motifs is 5. The van der Waals surface area contributed by atoms with E-state index < -0.39 is 0 Å². The van der Waals surface area contributed by atoms with E-state index in [1.807, 2.05) is 0 Å². The van der Waals surface area contributed by atoms with Crippen LogP contribution in [-0.2, 0) is 14.3 Å². The molecule has 0 heterocycles. The first kappa shape index (κ1) is 19.3. The Balaban J connectivity index is 1.47. The summed E-state index contributed by atoms with van der Waals surface area (Å²) in [4.78, 5) is 22.9. The lowest BCUT2D eigenvalue weighted by Gasteiger charge is -2.56. The highest BCUT2D eigenvalue weighted by Crippen LogP contribution is 2.64. The second-order valence-electron chi connectivity index (χ2n) is 9.68. The van der Waals surface area contributed by atoms with Gasteiger partial charge in [-0.05, 0) is 73.8 Å². The first-order chi connectivity index (χ1) is 12.8. The number of ether oxygens (including phenoxy) is 1. The normalized spacial score (nSPS) is 42.6. The largest absolute Gasteiger partial charge is 0.454 e. The maximum Gasteiger partial charge on any atom is 0.307 e. The monoisotopic (exact) mass is 388 g/mol. The Morgan fingerprint density at radius 2 is 1.96 bits per heavy atom. The van der Waals surface area contributed by atoms with E-state index in [9.17, 15) is 9.59 Å². The quantitative estimate of drug-likeness (QED) is 0.406. The molecular weight excluding hydrogens is 356 g/mol. The first-order valence-electron chi connectivity index (χ1n) is 10.6. The smallest absolute Gasteiger partial charge is 0.307 e. The number of hydrogen-bond donors (Lipinski definition) is 1. The Morgan fingerprint density at radius 3 is 2.74 bits per heavy atom. The fourth-order valence-electron chi connectivity index (χ4n) is 6.79. The summed E-state index contributed by atoms with van der Waals surface area (Å²) in [5, 5.41) is -0.272. The molecule has 27 heavy (non-hydrogen) atoms. The number of rotatable bonds is 4. The Labute approximate surface area is 168 Å². The van der Waals surface area contributed by atoms with Crippen molar-refractivity contribution in [2.45, 2.75) is 77.7 Å². The maximum atomic E-state index is 12.0. The second-order valence-corrected chi connectivity index (χ2v) is 10.2. The topological polar surface area (TPSA) is 43.4 Å². The Kier molecular flexibility index (Phi) is 5.07. The molecule has 0 aromatic carbocycles. The van der Waals surface area contributed by atoms with Crippen LogP contribution in [0.4, 0.5) is 0 Å². The molecule has 0 aliphatic heterocycles. The minimum absolute atomic E-state index is 0.109. The van der Waals surface area contributed by atoms with Gasteiger partial charge < -0.3 is 4.74 Å². The van der Waals surface area contributed by atoms with Crippen molar-refractivity contribution in [2.75, 3.05) is 0 Å². The van der Waals surface area contributed by atoms with Gasteiger partial charge in [-0.25, -0.2) is 0 Å². The minimum Gasteiger partial charge on any atom is -0.454 e.